The van der Waals surface area contributed by atoms with Gasteiger partial charge in [-0.05, 0) is 57.0 Å². The largest absolute Gasteiger partial charge is 0.491 e. The standard InChI is InChI=1S/C26H31ClFN5O4/c1-26(30-2,25(29)34)14-16-12-17-20(13-21(16)35-10-11-37-22-8-3-4-9-36-22)31-15-32-24(17)33-19-7-5-6-18(27)23(19)28/h5-7,12-13,15,22,30H,3-4,8-11,14H2,1-2H3,(H2,29,34)(H,31,32,33)/t22?,26-/m0/s1. The van der Waals surface area contributed by atoms with Crippen molar-refractivity contribution in [2.75, 3.05) is 32.2 Å². The smallest absolute Gasteiger partial charge is 0.237 e. The predicted octanol–water partition coefficient (Wildman–Crippen LogP) is 4.09. The molecule has 0 aliphatic carbocycles. The number of hydrogen-bond donors (Lipinski definition) is 3. The number of benzene rings is 2. The second-order valence-corrected chi connectivity index (χ2v) is 9.47. The van der Waals surface area contributed by atoms with Crippen molar-refractivity contribution in [2.45, 2.75) is 44.4 Å². The third-order valence-corrected chi connectivity index (χ3v) is 6.74. The summed E-state index contributed by atoms with van der Waals surface area (Å²) in [5.74, 6) is -0.194. The maximum absolute atomic E-state index is 14.6. The van der Waals surface area contributed by atoms with Crippen molar-refractivity contribution in [3.63, 3.8) is 0 Å². The number of nitrogens with one attached hydrogen (secondary N) is 2. The number of amides is 1. The number of anilines is 2. The highest BCUT2D eigenvalue weighted by Gasteiger charge is 2.31. The fraction of sp³-hybridized carbons (Fsp3) is 0.423. The van der Waals surface area contributed by atoms with Gasteiger partial charge in [0.05, 0.1) is 28.4 Å². The molecule has 0 bridgehead atoms. The third kappa shape index (κ3) is 6.45. The number of carbonyl (C=O) groups excluding carboxylic acids is 1. The summed E-state index contributed by atoms with van der Waals surface area (Å²) < 4.78 is 32.0. The number of aromatic nitrogens is 2. The van der Waals surface area contributed by atoms with Crippen LogP contribution in [0.3, 0.4) is 0 Å². The van der Waals surface area contributed by atoms with Crippen LogP contribution in [0, 0.1) is 5.82 Å². The molecule has 2 atom stereocenters. The molecule has 4 rings (SSSR count). The molecule has 198 valence electrons. The molecule has 9 nitrogen and oxygen atoms in total. The van der Waals surface area contributed by atoms with Crippen LogP contribution in [-0.2, 0) is 20.7 Å². The topological polar surface area (TPSA) is 121 Å². The fourth-order valence-electron chi connectivity index (χ4n) is 4.08. The summed E-state index contributed by atoms with van der Waals surface area (Å²) in [6.45, 7) is 3.03. The van der Waals surface area contributed by atoms with E-state index in [9.17, 15) is 9.18 Å². The second-order valence-electron chi connectivity index (χ2n) is 9.06. The first-order valence-electron chi connectivity index (χ1n) is 12.1. The monoisotopic (exact) mass is 531 g/mol. The van der Waals surface area contributed by atoms with Crippen LogP contribution in [-0.4, -0.2) is 54.6 Å². The summed E-state index contributed by atoms with van der Waals surface area (Å²) in [5, 5.41) is 6.60. The summed E-state index contributed by atoms with van der Waals surface area (Å²) >= 11 is 5.94. The molecule has 1 aliphatic heterocycles. The Morgan fingerprint density at radius 2 is 2.14 bits per heavy atom. The lowest BCUT2D eigenvalue weighted by Gasteiger charge is -2.27. The maximum Gasteiger partial charge on any atom is 0.237 e. The van der Waals surface area contributed by atoms with Gasteiger partial charge in [-0.15, -0.1) is 0 Å². The van der Waals surface area contributed by atoms with E-state index >= 15 is 0 Å². The minimum absolute atomic E-state index is 0.00757. The molecule has 1 unspecified atom stereocenters. The quantitative estimate of drug-likeness (QED) is 0.316. The van der Waals surface area contributed by atoms with Crippen LogP contribution in [0.5, 0.6) is 5.75 Å². The van der Waals surface area contributed by atoms with Crippen LogP contribution in [0.15, 0.2) is 36.7 Å². The SMILES string of the molecule is CN[C@@](C)(Cc1cc2c(Nc3cccc(Cl)c3F)ncnc2cc1OCCOC1CCCCO1)C(N)=O. The van der Waals surface area contributed by atoms with Gasteiger partial charge in [0.1, 0.15) is 24.5 Å². The Labute approximate surface area is 219 Å². The van der Waals surface area contributed by atoms with E-state index in [1.165, 1.54) is 12.4 Å². The number of hydrogen-bond acceptors (Lipinski definition) is 8. The predicted molar refractivity (Wildman–Crippen MR) is 140 cm³/mol. The number of nitrogens with zero attached hydrogens (tertiary/aromatic N) is 2. The molecule has 11 heteroatoms. The lowest BCUT2D eigenvalue weighted by molar-refractivity contribution is -0.165. The van der Waals surface area contributed by atoms with Crippen molar-refractivity contribution in [2.24, 2.45) is 5.73 Å². The van der Waals surface area contributed by atoms with Crippen LogP contribution >= 0.6 is 11.6 Å². The van der Waals surface area contributed by atoms with Gasteiger partial charge >= 0.3 is 0 Å². The highest BCUT2D eigenvalue weighted by atomic mass is 35.5. The lowest BCUT2D eigenvalue weighted by atomic mass is 9.91. The molecule has 3 aromatic rings. The molecule has 1 aromatic heterocycles. The van der Waals surface area contributed by atoms with Crippen LogP contribution in [0.25, 0.3) is 10.9 Å². The van der Waals surface area contributed by atoms with Crippen molar-refractivity contribution in [1.29, 1.82) is 0 Å². The molecule has 0 radical (unpaired) electrons. The van der Waals surface area contributed by atoms with Gasteiger partial charge in [0, 0.05) is 24.5 Å². The molecular weight excluding hydrogens is 501 g/mol. The number of halogens is 2. The van der Waals surface area contributed by atoms with Gasteiger partial charge in [-0.3, -0.25) is 4.79 Å². The number of nitrogens with two attached hydrogens (primary N) is 1. The maximum atomic E-state index is 14.6. The molecule has 1 saturated heterocycles. The molecular formula is C26H31ClFN5O4. The van der Waals surface area contributed by atoms with Crippen LogP contribution in [0.4, 0.5) is 15.9 Å². The Kier molecular flexibility index (Phi) is 8.75. The zero-order valence-electron chi connectivity index (χ0n) is 20.9. The fourth-order valence-corrected chi connectivity index (χ4v) is 4.26. The van der Waals surface area contributed by atoms with Gasteiger partial charge in [0.2, 0.25) is 5.91 Å². The van der Waals surface area contributed by atoms with E-state index in [1.807, 2.05) is 6.07 Å². The summed E-state index contributed by atoms with van der Waals surface area (Å²) in [7, 11) is 1.67. The first-order valence-corrected chi connectivity index (χ1v) is 12.5. The van der Waals surface area contributed by atoms with E-state index in [2.05, 4.69) is 20.6 Å². The van der Waals surface area contributed by atoms with E-state index in [-0.39, 0.29) is 30.0 Å². The van der Waals surface area contributed by atoms with E-state index < -0.39 is 17.3 Å². The number of ether oxygens (including phenoxy) is 3. The molecule has 0 saturated carbocycles. The second kappa shape index (κ2) is 12.0. The highest BCUT2D eigenvalue weighted by molar-refractivity contribution is 6.31. The highest BCUT2D eigenvalue weighted by Crippen LogP contribution is 2.33. The average Bonchev–Trinajstić information content (AvgIpc) is 2.90. The van der Waals surface area contributed by atoms with Crippen LogP contribution in [0.2, 0.25) is 5.02 Å². The van der Waals surface area contributed by atoms with Gasteiger partial charge in [-0.1, -0.05) is 17.7 Å². The Morgan fingerprint density at radius 3 is 2.86 bits per heavy atom. The Hall–Kier alpha value is -3.05. The molecule has 1 fully saturated rings. The zero-order valence-corrected chi connectivity index (χ0v) is 21.6. The average molecular weight is 532 g/mol. The number of carbonyl (C=O) groups is 1. The minimum Gasteiger partial charge on any atom is -0.491 e. The summed E-state index contributed by atoms with van der Waals surface area (Å²) in [6, 6.07) is 8.25. The summed E-state index contributed by atoms with van der Waals surface area (Å²) in [4.78, 5) is 20.9. The van der Waals surface area contributed by atoms with Crippen LogP contribution < -0.4 is 21.1 Å². The molecule has 1 aliphatic rings. The summed E-state index contributed by atoms with van der Waals surface area (Å²) in [5.41, 5.74) is 6.09. The molecule has 0 spiro atoms. The molecule has 2 heterocycles. The summed E-state index contributed by atoms with van der Waals surface area (Å²) in [6.07, 6.45) is 4.37. The van der Waals surface area contributed by atoms with Crippen molar-refractivity contribution < 1.29 is 23.4 Å². The van der Waals surface area contributed by atoms with Gasteiger partial charge in [-0.2, -0.15) is 0 Å². The van der Waals surface area contributed by atoms with Gasteiger partial charge in [-0.25, -0.2) is 14.4 Å². The molecule has 1 amide bonds. The molecule has 4 N–H and O–H groups in total. The zero-order chi connectivity index (χ0) is 26.4. The van der Waals surface area contributed by atoms with E-state index in [0.29, 0.717) is 41.2 Å². The van der Waals surface area contributed by atoms with E-state index in [1.54, 1.807) is 32.2 Å². The lowest BCUT2D eigenvalue weighted by Crippen LogP contribution is -2.53. The van der Waals surface area contributed by atoms with E-state index in [4.69, 9.17) is 31.5 Å². The van der Waals surface area contributed by atoms with Crippen LogP contribution in [0.1, 0.15) is 31.7 Å². The first kappa shape index (κ1) is 27.0. The Balaban J connectivity index is 1.64. The third-order valence-electron chi connectivity index (χ3n) is 6.44. The van der Waals surface area contributed by atoms with E-state index in [0.717, 1.165) is 19.3 Å². The van der Waals surface area contributed by atoms with Gasteiger partial charge < -0.3 is 30.6 Å². The van der Waals surface area contributed by atoms with Crippen molar-refractivity contribution in [1.82, 2.24) is 15.3 Å². The Bertz CT molecular complexity index is 1260. The number of primary amides is 1. The minimum atomic E-state index is -1.04. The normalized spacial score (nSPS) is 17.4. The number of likely N-dealkylation sites (N-methyl/N-ethyl adjacent to an activating group) is 1. The van der Waals surface area contributed by atoms with Gasteiger partial charge in [0.15, 0.2) is 12.1 Å². The molecule has 37 heavy (non-hydrogen) atoms. The number of fused-ring (bicyclic) bond motifs is 1. The first-order chi connectivity index (χ1) is 17.8. The van der Waals surface area contributed by atoms with Crippen molar-refractivity contribution in [3.8, 4) is 5.75 Å². The van der Waals surface area contributed by atoms with Crippen molar-refractivity contribution >= 4 is 39.9 Å². The van der Waals surface area contributed by atoms with Gasteiger partial charge in [0.25, 0.3) is 0 Å². The van der Waals surface area contributed by atoms with Crippen molar-refractivity contribution in [3.05, 3.63) is 53.1 Å². The Morgan fingerprint density at radius 1 is 1.30 bits per heavy atom. The number of rotatable bonds is 11. The molecule has 2 aromatic carbocycles.